The van der Waals surface area contributed by atoms with Gasteiger partial charge in [0.2, 0.25) is 0 Å². The predicted octanol–water partition coefficient (Wildman–Crippen LogP) is 14.9. The molecule has 1 atom stereocenters. The fraction of sp³-hybridized carbons (Fsp3) is 0.500. The van der Waals surface area contributed by atoms with Crippen LogP contribution in [0.5, 0.6) is 0 Å². The summed E-state index contributed by atoms with van der Waals surface area (Å²) in [5.74, 6) is 0.157. The lowest BCUT2D eigenvalue weighted by molar-refractivity contribution is 0.563. The van der Waals surface area contributed by atoms with Crippen molar-refractivity contribution in [2.24, 2.45) is 0 Å². The quantitative estimate of drug-likeness (QED) is 0.0800. The first kappa shape index (κ1) is 52.8. The summed E-state index contributed by atoms with van der Waals surface area (Å²) in [6, 6.07) is 23.2. The lowest BCUT2D eigenvalue weighted by Crippen LogP contribution is -2.17. The van der Waals surface area contributed by atoms with Crippen molar-refractivity contribution in [3.63, 3.8) is 0 Å². The van der Waals surface area contributed by atoms with E-state index < -0.39 is 0 Å². The summed E-state index contributed by atoms with van der Waals surface area (Å²) in [5.41, 5.74) is 15.3. The van der Waals surface area contributed by atoms with E-state index in [9.17, 15) is 0 Å². The van der Waals surface area contributed by atoms with Crippen molar-refractivity contribution in [2.45, 2.75) is 169 Å². The zero-order chi connectivity index (χ0) is 50.9. The first-order valence-corrected chi connectivity index (χ1v) is 27.2. The molecule has 6 aromatic rings. The van der Waals surface area contributed by atoms with Crippen LogP contribution in [0.2, 0.25) is 0 Å². The van der Waals surface area contributed by atoms with Gasteiger partial charge in [-0.3, -0.25) is 0 Å². The maximum atomic E-state index is 4.60. The Bertz CT molecular complexity index is 2750. The van der Waals surface area contributed by atoms with Crippen molar-refractivity contribution in [1.82, 2.24) is 30.0 Å². The molecule has 0 bridgehead atoms. The maximum absolute atomic E-state index is 4.60. The van der Waals surface area contributed by atoms with Gasteiger partial charge in [-0.1, -0.05) is 149 Å². The highest BCUT2D eigenvalue weighted by Crippen LogP contribution is 2.53. The summed E-state index contributed by atoms with van der Waals surface area (Å²) in [5, 5.41) is 20.7. The van der Waals surface area contributed by atoms with Gasteiger partial charge in [0, 0.05) is 55.3 Å². The van der Waals surface area contributed by atoms with Gasteiger partial charge in [0.05, 0.1) is 34.5 Å². The van der Waals surface area contributed by atoms with E-state index in [0.29, 0.717) is 0 Å². The molecule has 0 fully saturated rings. The molecule has 374 valence electrons. The molecule has 0 spiro atoms. The largest absolute Gasteiger partial charge is 0.367 e. The lowest BCUT2D eigenvalue weighted by atomic mass is 9.79. The average molecular weight is 980 g/mol. The fourth-order valence-electron chi connectivity index (χ4n) is 9.34. The van der Waals surface area contributed by atoms with Crippen molar-refractivity contribution in [1.29, 1.82) is 0 Å². The second kappa shape index (κ2) is 21.0. The molecule has 7 rings (SSSR count). The number of anilines is 2. The van der Waals surface area contributed by atoms with Crippen LogP contribution >= 0.6 is 22.7 Å². The molecule has 1 aliphatic rings. The standard InChI is InChI=1S/C60H82N8S2/c1-40-41(2)56(52-25-27-54(70-52)66(17)29-21-19-23-50-39-68(64-62-50)37-44-32-47(59(10,11)12)35-48(33-44)60(13,14)15)42(3)55(40)51-24-26-53(69-51)65(16)28-20-18-22-49-38-67(63-61-49)36-43-30-45(57(4,5)6)34-46(31-43)58(7,8)9/h24-27,30-35,38-39,55H,1-2,18-23,28-29,36-37H2,3-17H3. The lowest BCUT2D eigenvalue weighted by Gasteiger charge is -2.26. The van der Waals surface area contributed by atoms with Crippen LogP contribution in [0, 0.1) is 0 Å². The zero-order valence-electron chi connectivity index (χ0n) is 45.4. The molecule has 1 aliphatic carbocycles. The molecular weight excluding hydrogens is 897 g/mol. The molecule has 0 saturated heterocycles. The first-order chi connectivity index (χ1) is 32.7. The van der Waals surface area contributed by atoms with E-state index in [4.69, 9.17) is 0 Å². The first-order valence-electron chi connectivity index (χ1n) is 25.5. The summed E-state index contributed by atoms with van der Waals surface area (Å²) >= 11 is 3.74. The minimum Gasteiger partial charge on any atom is -0.367 e. The summed E-state index contributed by atoms with van der Waals surface area (Å²) in [7, 11) is 4.42. The minimum absolute atomic E-state index is 0.0855. The monoisotopic (exact) mass is 979 g/mol. The Morgan fingerprint density at radius 2 is 0.971 bits per heavy atom. The zero-order valence-corrected chi connectivity index (χ0v) is 47.0. The topological polar surface area (TPSA) is 67.9 Å². The third-order valence-electron chi connectivity index (χ3n) is 14.0. The average Bonchev–Trinajstić information content (AvgIpc) is 4.13. The van der Waals surface area contributed by atoms with Crippen LogP contribution in [0.1, 0.15) is 176 Å². The minimum atomic E-state index is 0.0855. The van der Waals surface area contributed by atoms with Gasteiger partial charge in [0.25, 0.3) is 0 Å². The Balaban J connectivity index is 0.879. The van der Waals surface area contributed by atoms with E-state index >= 15 is 0 Å². The van der Waals surface area contributed by atoms with Crippen LogP contribution in [0.25, 0.3) is 5.57 Å². The number of rotatable bonds is 18. The van der Waals surface area contributed by atoms with Crippen LogP contribution < -0.4 is 9.80 Å². The summed E-state index contributed by atoms with van der Waals surface area (Å²) < 4.78 is 4.00. The predicted molar refractivity (Wildman–Crippen MR) is 301 cm³/mol. The number of nitrogens with zero attached hydrogens (tertiary/aromatic N) is 8. The van der Waals surface area contributed by atoms with Gasteiger partial charge in [-0.05, 0) is 141 Å². The van der Waals surface area contributed by atoms with Crippen LogP contribution in [-0.2, 0) is 47.6 Å². The van der Waals surface area contributed by atoms with Gasteiger partial charge in [-0.25, -0.2) is 9.36 Å². The van der Waals surface area contributed by atoms with Gasteiger partial charge in [0.15, 0.2) is 0 Å². The van der Waals surface area contributed by atoms with Crippen molar-refractivity contribution in [3.8, 4) is 0 Å². The molecule has 10 heteroatoms. The van der Waals surface area contributed by atoms with Crippen LogP contribution in [0.15, 0.2) is 103 Å². The van der Waals surface area contributed by atoms with Gasteiger partial charge in [-0.15, -0.1) is 32.9 Å². The molecule has 2 aromatic carbocycles. The Morgan fingerprint density at radius 1 is 0.557 bits per heavy atom. The number of allylic oxidation sites excluding steroid dienone is 4. The Kier molecular flexibility index (Phi) is 15.8. The molecule has 4 aromatic heterocycles. The maximum Gasteiger partial charge on any atom is 0.0912 e. The smallest absolute Gasteiger partial charge is 0.0912 e. The SMILES string of the molecule is C=C1C(=C)C(c2ccc(N(C)CCCCc3cn(Cc4cc(C(C)(C)C)cc(C(C)(C)C)c4)nn3)s2)C(C)=C1c1ccc(N(C)CCCCc2cn(Cc3cc(C(C)(C)C)cc(C(C)(C)C)c3)nn2)s1. The fourth-order valence-corrected chi connectivity index (χ4v) is 11.7. The number of hydrogen-bond acceptors (Lipinski definition) is 8. The molecule has 0 radical (unpaired) electrons. The second-order valence-electron chi connectivity index (χ2n) is 24.2. The van der Waals surface area contributed by atoms with Crippen LogP contribution in [-0.4, -0.2) is 57.2 Å². The third-order valence-corrected chi connectivity index (χ3v) is 16.5. The molecular formula is C60H82N8S2. The van der Waals surface area contributed by atoms with Crippen LogP contribution in [0.4, 0.5) is 10.0 Å². The van der Waals surface area contributed by atoms with Crippen molar-refractivity contribution >= 4 is 38.2 Å². The highest BCUT2D eigenvalue weighted by Gasteiger charge is 2.33. The number of thiophene rings is 2. The molecule has 0 aliphatic heterocycles. The van der Waals surface area contributed by atoms with Gasteiger partial charge in [-0.2, -0.15) is 0 Å². The Hall–Kier alpha value is -5.06. The van der Waals surface area contributed by atoms with Crippen molar-refractivity contribution in [2.75, 3.05) is 37.0 Å². The summed E-state index contributed by atoms with van der Waals surface area (Å²) in [6.45, 7) is 42.3. The molecule has 1 unspecified atom stereocenters. The van der Waals surface area contributed by atoms with E-state index in [0.717, 1.165) is 87.2 Å². The van der Waals surface area contributed by atoms with Crippen LogP contribution in [0.3, 0.4) is 0 Å². The van der Waals surface area contributed by atoms with Gasteiger partial charge < -0.3 is 9.80 Å². The van der Waals surface area contributed by atoms with Gasteiger partial charge >= 0.3 is 0 Å². The van der Waals surface area contributed by atoms with E-state index in [-0.39, 0.29) is 27.6 Å². The molecule has 0 saturated carbocycles. The van der Waals surface area contributed by atoms with E-state index in [1.54, 1.807) is 0 Å². The van der Waals surface area contributed by atoms with E-state index in [2.05, 4.69) is 221 Å². The highest BCUT2D eigenvalue weighted by molar-refractivity contribution is 7.17. The summed E-state index contributed by atoms with van der Waals surface area (Å²) in [6.07, 6.45) is 10.4. The third kappa shape index (κ3) is 12.9. The normalized spacial score (nSPS) is 14.9. The van der Waals surface area contributed by atoms with Crippen molar-refractivity contribution in [3.05, 3.63) is 157 Å². The molecule has 70 heavy (non-hydrogen) atoms. The molecule has 4 heterocycles. The number of benzene rings is 2. The molecule has 8 nitrogen and oxygen atoms in total. The number of unbranched alkanes of at least 4 members (excludes halogenated alkanes) is 2. The van der Waals surface area contributed by atoms with Gasteiger partial charge in [0.1, 0.15) is 0 Å². The Labute approximate surface area is 429 Å². The number of aromatic nitrogens is 6. The molecule has 0 amide bonds. The van der Waals surface area contributed by atoms with E-state index in [1.165, 1.54) is 64.3 Å². The summed E-state index contributed by atoms with van der Waals surface area (Å²) in [4.78, 5) is 7.39. The Morgan fingerprint density at radius 3 is 1.40 bits per heavy atom. The van der Waals surface area contributed by atoms with Crippen molar-refractivity contribution < 1.29 is 0 Å². The molecule has 0 N–H and O–H groups in total. The highest BCUT2D eigenvalue weighted by atomic mass is 32.1. The number of hydrogen-bond donors (Lipinski definition) is 0. The second-order valence-corrected chi connectivity index (χ2v) is 26.4. The van der Waals surface area contributed by atoms with E-state index in [1.807, 2.05) is 32.0 Å². The number of aryl methyl sites for hydroxylation is 2.